The third-order valence-electron chi connectivity index (χ3n) is 6.20. The molecule has 0 spiro atoms. The summed E-state index contributed by atoms with van der Waals surface area (Å²) in [4.78, 5) is 28.8. The van der Waals surface area contributed by atoms with Crippen molar-refractivity contribution < 1.29 is 28.6 Å². The van der Waals surface area contributed by atoms with Gasteiger partial charge in [-0.25, -0.2) is 9.37 Å². The molecule has 4 aromatic rings. The number of carboxylic acids is 1. The number of pyridine rings is 1. The van der Waals surface area contributed by atoms with E-state index in [1.54, 1.807) is 73.7 Å². The van der Waals surface area contributed by atoms with Crippen molar-refractivity contribution in [1.82, 2.24) is 4.98 Å². The predicted molar refractivity (Wildman–Crippen MR) is 141 cm³/mol. The number of nitrogens with zero attached hydrogens (tertiary/aromatic N) is 1. The number of ether oxygens (including phenoxy) is 2. The second-order valence-corrected chi connectivity index (χ2v) is 9.21. The molecule has 7 nitrogen and oxygen atoms in total. The lowest BCUT2D eigenvalue weighted by molar-refractivity contribution is -0.139. The monoisotopic (exact) mass is 532 g/mol. The quantitative estimate of drug-likeness (QED) is 0.282. The average molecular weight is 533 g/mol. The Labute approximate surface area is 222 Å². The van der Waals surface area contributed by atoms with Crippen LogP contribution in [0.1, 0.15) is 33.8 Å². The van der Waals surface area contributed by atoms with Gasteiger partial charge in [-0.15, -0.1) is 0 Å². The van der Waals surface area contributed by atoms with Gasteiger partial charge >= 0.3 is 5.97 Å². The Balaban J connectivity index is 1.28. The average Bonchev–Trinajstić information content (AvgIpc) is 2.91. The van der Waals surface area contributed by atoms with Gasteiger partial charge in [0.25, 0.3) is 5.91 Å². The molecule has 1 aliphatic heterocycles. The maximum atomic E-state index is 14.0. The number of aliphatic carboxylic acids is 1. The maximum Gasteiger partial charge on any atom is 0.311 e. The lowest BCUT2D eigenvalue weighted by atomic mass is 9.93. The highest BCUT2D eigenvalue weighted by Gasteiger charge is 2.29. The number of aryl methyl sites for hydroxylation is 1. The summed E-state index contributed by atoms with van der Waals surface area (Å²) >= 11 is 6.36. The van der Waals surface area contributed by atoms with Crippen molar-refractivity contribution in [3.8, 4) is 28.5 Å². The van der Waals surface area contributed by atoms with Crippen LogP contribution in [0.4, 0.5) is 10.2 Å². The number of carboxylic acid groups (broad SMARTS) is 1. The molecule has 1 aliphatic rings. The molecule has 1 atom stereocenters. The number of halogens is 2. The lowest BCUT2D eigenvalue weighted by Gasteiger charge is -2.24. The second-order valence-electron chi connectivity index (χ2n) is 8.80. The summed E-state index contributed by atoms with van der Waals surface area (Å²) < 4.78 is 25.5. The van der Waals surface area contributed by atoms with Crippen LogP contribution >= 0.6 is 11.6 Å². The van der Waals surface area contributed by atoms with Crippen molar-refractivity contribution in [2.75, 3.05) is 11.9 Å². The van der Waals surface area contributed by atoms with Gasteiger partial charge in [-0.3, -0.25) is 9.59 Å². The van der Waals surface area contributed by atoms with Gasteiger partial charge in [0.05, 0.1) is 23.2 Å². The van der Waals surface area contributed by atoms with Gasteiger partial charge in [0.2, 0.25) is 0 Å². The Morgan fingerprint density at radius 1 is 1.11 bits per heavy atom. The van der Waals surface area contributed by atoms with Gasteiger partial charge in [0.1, 0.15) is 28.9 Å². The largest absolute Gasteiger partial charge is 0.493 e. The van der Waals surface area contributed by atoms with Crippen LogP contribution < -0.4 is 14.8 Å². The molecule has 3 aromatic carbocycles. The first-order valence-electron chi connectivity index (χ1n) is 11.8. The lowest BCUT2D eigenvalue weighted by Crippen LogP contribution is -2.20. The number of anilines is 1. The smallest absolute Gasteiger partial charge is 0.311 e. The van der Waals surface area contributed by atoms with Crippen molar-refractivity contribution in [3.05, 3.63) is 100 Å². The Bertz CT molecular complexity index is 1540. The normalized spacial score (nSPS) is 14.2. The highest BCUT2D eigenvalue weighted by atomic mass is 35.5. The van der Waals surface area contributed by atoms with Crippen molar-refractivity contribution in [3.63, 3.8) is 0 Å². The molecule has 1 aromatic heterocycles. The number of hydrogen-bond acceptors (Lipinski definition) is 5. The van der Waals surface area contributed by atoms with Gasteiger partial charge in [-0.05, 0) is 67.4 Å². The summed E-state index contributed by atoms with van der Waals surface area (Å²) in [5.41, 5.74) is 2.56. The highest BCUT2D eigenvalue weighted by molar-refractivity contribution is 6.32. The molecule has 0 aliphatic carbocycles. The molecule has 0 bridgehead atoms. The van der Waals surface area contributed by atoms with E-state index < -0.39 is 11.9 Å². The van der Waals surface area contributed by atoms with Crippen molar-refractivity contribution in [2.45, 2.75) is 19.3 Å². The molecular formula is C29H22ClFN2O5. The minimum Gasteiger partial charge on any atom is -0.493 e. The highest BCUT2D eigenvalue weighted by Crippen LogP contribution is 2.41. The van der Waals surface area contributed by atoms with Gasteiger partial charge in [-0.1, -0.05) is 29.8 Å². The number of benzene rings is 3. The first-order chi connectivity index (χ1) is 18.3. The zero-order valence-electron chi connectivity index (χ0n) is 20.2. The van der Waals surface area contributed by atoms with Crippen LogP contribution in [0.2, 0.25) is 5.02 Å². The molecule has 38 heavy (non-hydrogen) atoms. The maximum absolute atomic E-state index is 14.0. The van der Waals surface area contributed by atoms with Crippen LogP contribution in [-0.2, 0) is 4.79 Å². The molecule has 0 saturated heterocycles. The summed E-state index contributed by atoms with van der Waals surface area (Å²) in [6, 6.07) is 19.5. The Morgan fingerprint density at radius 3 is 2.63 bits per heavy atom. The molecule has 2 heterocycles. The molecule has 5 rings (SSSR count). The van der Waals surface area contributed by atoms with Gasteiger partial charge in [0, 0.05) is 22.8 Å². The number of nitrogens with one attached hydrogen (secondary N) is 1. The Kier molecular flexibility index (Phi) is 6.98. The predicted octanol–water partition coefficient (Wildman–Crippen LogP) is 6.84. The Morgan fingerprint density at radius 2 is 1.89 bits per heavy atom. The van der Waals surface area contributed by atoms with E-state index in [0.29, 0.717) is 57.4 Å². The standard InChI is InChI=1S/C29H22ClFN2O5/c1-16-5-6-18(13-23(16)31)24-3-2-4-27(32-24)33-28(34)17-7-9-19(10-8-17)38-26-15-25-21(14-22(26)30)20(29(35)36)11-12-37-25/h2-10,13-15,20H,11-12H2,1H3,(H,35,36)(H,32,33,34). The van der Waals surface area contributed by atoms with Crippen LogP contribution in [0.25, 0.3) is 11.3 Å². The van der Waals surface area contributed by atoms with E-state index in [1.807, 2.05) is 0 Å². The van der Waals surface area contributed by atoms with Crippen LogP contribution in [0.5, 0.6) is 17.2 Å². The molecule has 2 N–H and O–H groups in total. The topological polar surface area (TPSA) is 97.8 Å². The van der Waals surface area contributed by atoms with E-state index in [0.717, 1.165) is 0 Å². The number of carbonyl (C=O) groups excluding carboxylic acids is 1. The van der Waals surface area contributed by atoms with E-state index in [-0.39, 0.29) is 23.4 Å². The van der Waals surface area contributed by atoms with Crippen LogP contribution in [-0.4, -0.2) is 28.6 Å². The summed E-state index contributed by atoms with van der Waals surface area (Å²) in [5, 5.41) is 12.5. The number of hydrogen-bond donors (Lipinski definition) is 2. The van der Waals surface area contributed by atoms with Gasteiger partial charge in [0.15, 0.2) is 0 Å². The second kappa shape index (κ2) is 10.5. The SMILES string of the molecule is Cc1ccc(-c2cccc(NC(=O)c3ccc(Oc4cc5c(cc4Cl)C(C(=O)O)CCO5)cc3)n2)cc1F. The number of aromatic nitrogens is 1. The minimum absolute atomic E-state index is 0.252. The third-order valence-corrected chi connectivity index (χ3v) is 6.50. The van der Waals surface area contributed by atoms with E-state index in [9.17, 15) is 19.1 Å². The fraction of sp³-hybridized carbons (Fsp3) is 0.138. The van der Waals surface area contributed by atoms with Gasteiger partial charge < -0.3 is 19.9 Å². The first-order valence-corrected chi connectivity index (χ1v) is 12.2. The van der Waals surface area contributed by atoms with E-state index in [1.165, 1.54) is 6.07 Å². The molecule has 0 fully saturated rings. The molecule has 1 unspecified atom stereocenters. The Hall–Kier alpha value is -4.43. The fourth-order valence-corrected chi connectivity index (χ4v) is 4.34. The minimum atomic E-state index is -0.931. The van der Waals surface area contributed by atoms with Crippen molar-refractivity contribution in [1.29, 1.82) is 0 Å². The van der Waals surface area contributed by atoms with Crippen molar-refractivity contribution >= 4 is 29.3 Å². The molecule has 0 radical (unpaired) electrons. The number of fused-ring (bicyclic) bond motifs is 1. The molecule has 0 saturated carbocycles. The molecule has 192 valence electrons. The summed E-state index contributed by atoms with van der Waals surface area (Å²) in [5.74, 6) is -0.837. The van der Waals surface area contributed by atoms with E-state index in [4.69, 9.17) is 21.1 Å². The van der Waals surface area contributed by atoms with Gasteiger partial charge in [-0.2, -0.15) is 0 Å². The van der Waals surface area contributed by atoms with Crippen LogP contribution in [0.15, 0.2) is 72.8 Å². The van der Waals surface area contributed by atoms with E-state index in [2.05, 4.69) is 10.3 Å². The fourth-order valence-electron chi connectivity index (χ4n) is 4.13. The zero-order valence-corrected chi connectivity index (χ0v) is 21.0. The summed E-state index contributed by atoms with van der Waals surface area (Å²) in [6.45, 7) is 1.97. The summed E-state index contributed by atoms with van der Waals surface area (Å²) in [7, 11) is 0. The van der Waals surface area contributed by atoms with Crippen LogP contribution in [0, 0.1) is 12.7 Å². The third kappa shape index (κ3) is 5.31. The van der Waals surface area contributed by atoms with Crippen LogP contribution in [0.3, 0.4) is 0 Å². The molecule has 9 heteroatoms. The number of rotatable bonds is 6. The number of amides is 1. The number of carbonyl (C=O) groups is 2. The summed E-state index contributed by atoms with van der Waals surface area (Å²) in [6.07, 6.45) is 0.368. The first kappa shape index (κ1) is 25.2. The molecule has 1 amide bonds. The molecular weight excluding hydrogens is 511 g/mol. The van der Waals surface area contributed by atoms with Crippen molar-refractivity contribution in [2.24, 2.45) is 0 Å². The zero-order chi connectivity index (χ0) is 26.8. The van der Waals surface area contributed by atoms with E-state index >= 15 is 0 Å².